The van der Waals surface area contributed by atoms with Crippen LogP contribution in [0.1, 0.15) is 30.1 Å². The van der Waals surface area contributed by atoms with Crippen molar-refractivity contribution < 1.29 is 17.9 Å². The first-order valence-corrected chi connectivity index (χ1v) is 12.0. The van der Waals surface area contributed by atoms with Crippen LogP contribution in [-0.2, 0) is 9.84 Å². The topological polar surface area (TPSA) is 102 Å². The number of benzene rings is 2. The third-order valence-corrected chi connectivity index (χ3v) is 7.40. The molecule has 1 amide bonds. The summed E-state index contributed by atoms with van der Waals surface area (Å²) in [6.45, 7) is 4.42. The summed E-state index contributed by atoms with van der Waals surface area (Å²) in [7, 11) is -3.45. The van der Waals surface area contributed by atoms with Gasteiger partial charge in [-0.3, -0.25) is 9.69 Å². The van der Waals surface area contributed by atoms with Gasteiger partial charge in [-0.05, 0) is 75.2 Å². The van der Waals surface area contributed by atoms with E-state index in [4.69, 9.17) is 10.5 Å². The lowest BCUT2D eigenvalue weighted by atomic mass is 9.79. The second-order valence-corrected chi connectivity index (χ2v) is 10.2. The molecule has 3 aliphatic rings. The maximum Gasteiger partial charge on any atom is 0.251 e. The number of nitrogen functional groups attached to an aromatic ring is 1. The zero-order valence-electron chi connectivity index (χ0n) is 17.2. The van der Waals surface area contributed by atoms with Crippen molar-refractivity contribution in [3.05, 3.63) is 48.0 Å². The number of carbonyl (C=O) groups excluding carboxylic acids is 1. The van der Waals surface area contributed by atoms with Crippen molar-refractivity contribution in [2.45, 2.75) is 36.7 Å². The van der Waals surface area contributed by atoms with Gasteiger partial charge < -0.3 is 15.8 Å². The number of fused-ring (bicyclic) bond motifs is 3. The van der Waals surface area contributed by atoms with Crippen molar-refractivity contribution in [3.8, 4) is 11.5 Å². The minimum absolute atomic E-state index is 0.0302. The standard InChI is InChI=1S/C22H27N3O4S/c1-14-21(15-10-12-25(14)13-11-15)24-22(26)16-6-8-17(9-7-16)29-18-4-3-5-19(20(18)23)30(2,27)28/h3-9,14-15,21H,10-13,23H2,1-2H3,(H,24,26)/t14-,21-/m0/s1. The molecular weight excluding hydrogens is 402 g/mol. The summed E-state index contributed by atoms with van der Waals surface area (Å²) in [5, 5.41) is 3.21. The highest BCUT2D eigenvalue weighted by atomic mass is 32.2. The van der Waals surface area contributed by atoms with E-state index in [2.05, 4.69) is 17.1 Å². The smallest absolute Gasteiger partial charge is 0.251 e. The molecule has 2 atom stereocenters. The summed E-state index contributed by atoms with van der Waals surface area (Å²) in [4.78, 5) is 15.2. The van der Waals surface area contributed by atoms with E-state index in [0.29, 0.717) is 23.3 Å². The normalized spacial score (nSPS) is 25.7. The van der Waals surface area contributed by atoms with Gasteiger partial charge in [0.2, 0.25) is 0 Å². The van der Waals surface area contributed by atoms with Crippen LogP contribution >= 0.6 is 0 Å². The number of nitrogens with one attached hydrogen (secondary N) is 1. The predicted octanol–water partition coefficient (Wildman–Crippen LogP) is 2.68. The van der Waals surface area contributed by atoms with Crippen molar-refractivity contribution >= 4 is 21.4 Å². The van der Waals surface area contributed by atoms with Gasteiger partial charge in [0.05, 0.1) is 10.6 Å². The van der Waals surface area contributed by atoms with E-state index in [-0.39, 0.29) is 28.3 Å². The molecule has 3 N–H and O–H groups in total. The fourth-order valence-corrected chi connectivity index (χ4v) is 5.34. The molecule has 7 nitrogen and oxygen atoms in total. The number of para-hydroxylation sites is 1. The molecule has 0 aliphatic carbocycles. The molecule has 3 aliphatic heterocycles. The Labute approximate surface area is 177 Å². The first-order valence-electron chi connectivity index (χ1n) is 10.2. The molecule has 0 radical (unpaired) electrons. The lowest BCUT2D eigenvalue weighted by Gasteiger charge is -2.49. The van der Waals surface area contributed by atoms with Gasteiger partial charge in [0.25, 0.3) is 5.91 Å². The Morgan fingerprint density at radius 1 is 1.13 bits per heavy atom. The number of sulfone groups is 1. The number of hydrogen-bond acceptors (Lipinski definition) is 6. The summed E-state index contributed by atoms with van der Waals surface area (Å²) in [6, 6.07) is 11.9. The summed E-state index contributed by atoms with van der Waals surface area (Å²) >= 11 is 0. The molecule has 3 fully saturated rings. The molecule has 0 saturated carbocycles. The van der Waals surface area contributed by atoms with Crippen LogP contribution in [0.2, 0.25) is 0 Å². The highest BCUT2D eigenvalue weighted by molar-refractivity contribution is 7.90. The number of anilines is 1. The number of carbonyl (C=O) groups is 1. The predicted molar refractivity (Wildman–Crippen MR) is 115 cm³/mol. The Balaban J connectivity index is 1.45. The molecule has 160 valence electrons. The Hall–Kier alpha value is -2.58. The van der Waals surface area contributed by atoms with Crippen LogP contribution < -0.4 is 15.8 Å². The van der Waals surface area contributed by atoms with E-state index in [1.165, 1.54) is 6.07 Å². The molecule has 2 aromatic carbocycles. The SMILES string of the molecule is C[C@H]1[C@H](NC(=O)c2ccc(Oc3cccc(S(C)(=O)=O)c3N)cc2)C2CCN1CC2. The lowest BCUT2D eigenvalue weighted by Crippen LogP contribution is -2.62. The van der Waals surface area contributed by atoms with E-state index >= 15 is 0 Å². The van der Waals surface area contributed by atoms with Crippen LogP contribution in [0.25, 0.3) is 0 Å². The zero-order chi connectivity index (χ0) is 21.5. The van der Waals surface area contributed by atoms with E-state index in [0.717, 1.165) is 32.2 Å². The fourth-order valence-electron chi connectivity index (χ4n) is 4.52. The molecule has 0 unspecified atom stereocenters. The molecule has 30 heavy (non-hydrogen) atoms. The van der Waals surface area contributed by atoms with Crippen molar-refractivity contribution in [2.75, 3.05) is 25.1 Å². The second-order valence-electron chi connectivity index (χ2n) is 8.18. The monoisotopic (exact) mass is 429 g/mol. The van der Waals surface area contributed by atoms with E-state index < -0.39 is 9.84 Å². The summed E-state index contributed by atoms with van der Waals surface area (Å²) in [6.07, 6.45) is 3.37. The number of piperidine rings is 3. The largest absolute Gasteiger partial charge is 0.455 e. The first-order chi connectivity index (χ1) is 14.2. The molecule has 0 aromatic heterocycles. The van der Waals surface area contributed by atoms with Crippen LogP contribution in [-0.4, -0.2) is 50.7 Å². The van der Waals surface area contributed by atoms with Gasteiger partial charge in [-0.15, -0.1) is 0 Å². The molecule has 2 bridgehead atoms. The maximum atomic E-state index is 12.8. The average molecular weight is 430 g/mol. The zero-order valence-corrected chi connectivity index (χ0v) is 18.0. The average Bonchev–Trinajstić information content (AvgIpc) is 2.72. The molecule has 2 aromatic rings. The quantitative estimate of drug-likeness (QED) is 0.709. The summed E-state index contributed by atoms with van der Waals surface area (Å²) in [5.41, 5.74) is 6.60. The van der Waals surface area contributed by atoms with Crippen LogP contribution in [0.3, 0.4) is 0 Å². The van der Waals surface area contributed by atoms with E-state index in [1.54, 1.807) is 36.4 Å². The summed E-state index contributed by atoms with van der Waals surface area (Å²) in [5.74, 6) is 1.18. The van der Waals surface area contributed by atoms with Gasteiger partial charge in [-0.1, -0.05) is 6.07 Å². The minimum Gasteiger partial charge on any atom is -0.455 e. The number of ether oxygens (including phenoxy) is 1. The van der Waals surface area contributed by atoms with Gasteiger partial charge in [-0.2, -0.15) is 0 Å². The molecule has 3 heterocycles. The number of hydrogen-bond donors (Lipinski definition) is 2. The lowest BCUT2D eigenvalue weighted by molar-refractivity contribution is 0.0217. The molecular formula is C22H27N3O4S. The number of nitrogens with zero attached hydrogens (tertiary/aromatic N) is 1. The van der Waals surface area contributed by atoms with Gasteiger partial charge in [0, 0.05) is 23.9 Å². The second kappa shape index (κ2) is 7.92. The van der Waals surface area contributed by atoms with Gasteiger partial charge in [-0.25, -0.2) is 8.42 Å². The third kappa shape index (κ3) is 4.02. The van der Waals surface area contributed by atoms with E-state index in [9.17, 15) is 13.2 Å². The van der Waals surface area contributed by atoms with Gasteiger partial charge in [0.15, 0.2) is 15.6 Å². The Morgan fingerprint density at radius 3 is 2.40 bits per heavy atom. The number of rotatable bonds is 5. The first kappa shape index (κ1) is 20.7. The highest BCUT2D eigenvalue weighted by Crippen LogP contribution is 2.33. The fraction of sp³-hybridized carbons (Fsp3) is 0.409. The Kier molecular flexibility index (Phi) is 5.46. The molecule has 3 saturated heterocycles. The van der Waals surface area contributed by atoms with Crippen molar-refractivity contribution in [3.63, 3.8) is 0 Å². The van der Waals surface area contributed by atoms with Crippen molar-refractivity contribution in [1.82, 2.24) is 10.2 Å². The third-order valence-electron chi connectivity index (χ3n) is 6.25. The van der Waals surface area contributed by atoms with Crippen LogP contribution in [0.5, 0.6) is 11.5 Å². The van der Waals surface area contributed by atoms with Crippen LogP contribution in [0.4, 0.5) is 5.69 Å². The van der Waals surface area contributed by atoms with Crippen LogP contribution in [0, 0.1) is 5.92 Å². The Morgan fingerprint density at radius 2 is 1.80 bits per heavy atom. The Bertz CT molecular complexity index is 1040. The van der Waals surface area contributed by atoms with Gasteiger partial charge in [0.1, 0.15) is 5.75 Å². The molecule has 5 rings (SSSR count). The number of amides is 1. The molecule has 0 spiro atoms. The molecule has 8 heteroatoms. The summed E-state index contributed by atoms with van der Waals surface area (Å²) < 4.78 is 29.4. The van der Waals surface area contributed by atoms with Crippen molar-refractivity contribution in [1.29, 1.82) is 0 Å². The highest BCUT2D eigenvalue weighted by Gasteiger charge is 2.40. The van der Waals surface area contributed by atoms with Gasteiger partial charge >= 0.3 is 0 Å². The van der Waals surface area contributed by atoms with Crippen LogP contribution in [0.15, 0.2) is 47.4 Å². The maximum absolute atomic E-state index is 12.8. The van der Waals surface area contributed by atoms with Crippen molar-refractivity contribution in [2.24, 2.45) is 5.92 Å². The minimum atomic E-state index is -3.45. The van der Waals surface area contributed by atoms with E-state index in [1.807, 2.05) is 0 Å². The number of nitrogens with two attached hydrogens (primary N) is 1.